The third kappa shape index (κ3) is 17.1. The average molecular weight is 1300 g/mol. The van der Waals surface area contributed by atoms with E-state index in [1.54, 1.807) is 16.8 Å². The van der Waals surface area contributed by atoms with Crippen LogP contribution < -0.4 is 31.9 Å². The molecule has 1 aliphatic carbocycles. The van der Waals surface area contributed by atoms with Gasteiger partial charge in [0.15, 0.2) is 0 Å². The van der Waals surface area contributed by atoms with Gasteiger partial charge in [-0.25, -0.2) is 9.78 Å². The largest absolute Gasteiger partial charge is 0.449 e. The molecule has 21 nitrogen and oxygen atoms in total. The maximum Gasteiger partial charge on any atom is 0.407 e. The Bertz CT molecular complexity index is 3600. The number of carbonyl (C=O) groups excluding carboxylic acids is 7. The van der Waals surface area contributed by atoms with Gasteiger partial charge in [0.1, 0.15) is 37.4 Å². The molecule has 6 aromatic rings. The Balaban J connectivity index is 0.608. The number of carbonyl (C=O) groups is 7. The summed E-state index contributed by atoms with van der Waals surface area (Å²) in [5.74, 6) is -2.83. The zero-order valence-corrected chi connectivity index (χ0v) is 54.9. The number of primary amides is 1. The number of aliphatic hydroxyl groups excluding tert-OH is 1. The molecule has 1 fully saturated rings. The fraction of sp³-hybridized carbons (Fsp3) is 0.444. The highest BCUT2D eigenvalue weighted by Gasteiger charge is 2.47. The zero-order chi connectivity index (χ0) is 66.5. The number of likely N-dealkylation sites (tertiary alicyclic amines) is 1. The lowest BCUT2D eigenvalue weighted by Crippen LogP contribution is -2.58. The molecule has 0 radical (unpaired) electrons. The first-order valence-electron chi connectivity index (χ1n) is 32.4. The van der Waals surface area contributed by atoms with Crippen LogP contribution in [0.4, 0.5) is 10.5 Å². The minimum atomic E-state index is -0.988. The highest BCUT2D eigenvalue weighted by molar-refractivity contribution is 7.13. The van der Waals surface area contributed by atoms with Crippen molar-refractivity contribution in [3.63, 3.8) is 0 Å². The number of nitrogens with zero attached hydrogens (tertiary/aromatic N) is 3. The summed E-state index contributed by atoms with van der Waals surface area (Å²) >= 11 is 1.56. The number of alkyl carbamates (subject to hydrolysis) is 1. The van der Waals surface area contributed by atoms with Crippen LogP contribution in [-0.4, -0.2) is 152 Å². The van der Waals surface area contributed by atoms with E-state index in [4.69, 9.17) is 29.4 Å². The maximum atomic E-state index is 14.6. The van der Waals surface area contributed by atoms with E-state index in [0.717, 1.165) is 79.0 Å². The van der Waals surface area contributed by atoms with E-state index in [-0.39, 0.29) is 83.6 Å². The molecule has 10 rings (SSSR count). The summed E-state index contributed by atoms with van der Waals surface area (Å²) in [5, 5.41) is 22.3. The second-order valence-electron chi connectivity index (χ2n) is 25.7. The second kappa shape index (κ2) is 31.7. The maximum absolute atomic E-state index is 14.6. The SMILES string of the molecule is Cc1ncsc1-c1ccc(CNC(=O)[C@@H]2C[C@@H](O)CN2C(=O)[C@@H](NC(=O)COCCOCCOCCCc2ccc(CO[C@H](C)[C@H](CCC(N)=O)NC(=O)[C@@H]3Cc4cccc5c4N3C(=O)[C@@H](NC(=O)OCC3c4ccccc4-c4ccccc43)CC5)cc2)C(C)(C)C)cc1. The molecule has 0 unspecified atom stereocenters. The number of aliphatic hydroxyl groups is 1. The van der Waals surface area contributed by atoms with Gasteiger partial charge in [-0.15, -0.1) is 11.3 Å². The lowest BCUT2D eigenvalue weighted by molar-refractivity contribution is -0.144. The number of rotatable bonds is 30. The molecule has 5 aromatic carbocycles. The predicted octanol–water partition coefficient (Wildman–Crippen LogP) is 7.38. The second-order valence-corrected chi connectivity index (χ2v) is 26.5. The van der Waals surface area contributed by atoms with E-state index >= 15 is 0 Å². The van der Waals surface area contributed by atoms with Crippen molar-refractivity contribution >= 4 is 58.6 Å². The number of β-amino-alcohol motifs (C(OH)–C–C–N with tert-alkyl or cyclic N) is 1. The van der Waals surface area contributed by atoms with E-state index in [9.17, 15) is 38.7 Å². The number of nitrogens with two attached hydrogens (primary N) is 1. The number of fused-ring (bicyclic) bond motifs is 3. The van der Waals surface area contributed by atoms with E-state index in [1.165, 1.54) is 9.80 Å². The number of aromatic nitrogens is 1. The fourth-order valence-electron chi connectivity index (χ4n) is 12.9. The van der Waals surface area contributed by atoms with Crippen molar-refractivity contribution in [3.8, 4) is 21.6 Å². The van der Waals surface area contributed by atoms with Gasteiger partial charge < -0.3 is 60.7 Å². The number of para-hydroxylation sites is 1. The van der Waals surface area contributed by atoms with Crippen molar-refractivity contribution < 1.29 is 62.4 Å². The minimum absolute atomic E-state index is 0.00379. The zero-order valence-electron chi connectivity index (χ0n) is 54.1. The predicted molar refractivity (Wildman–Crippen MR) is 355 cm³/mol. The average Bonchev–Trinajstić information content (AvgIpc) is 1.61. The van der Waals surface area contributed by atoms with Crippen LogP contribution in [0.3, 0.4) is 0 Å². The van der Waals surface area contributed by atoms with Crippen LogP contribution in [0, 0.1) is 12.3 Å². The lowest BCUT2D eigenvalue weighted by Gasteiger charge is -2.35. The number of benzene rings is 5. The molecule has 7 N–H and O–H groups in total. The molecular formula is C72H86N8O13S. The van der Waals surface area contributed by atoms with Gasteiger partial charge in [-0.1, -0.05) is 136 Å². The number of amides is 7. The van der Waals surface area contributed by atoms with Crippen LogP contribution in [0.15, 0.2) is 121 Å². The van der Waals surface area contributed by atoms with Crippen LogP contribution in [-0.2, 0) is 84.9 Å². The first-order chi connectivity index (χ1) is 45.3. The van der Waals surface area contributed by atoms with Crippen LogP contribution in [0.1, 0.15) is 110 Å². The monoisotopic (exact) mass is 1300 g/mol. The Morgan fingerprint density at radius 2 is 1.44 bits per heavy atom. The third-order valence-electron chi connectivity index (χ3n) is 17.9. The van der Waals surface area contributed by atoms with Gasteiger partial charge in [-0.2, -0.15) is 0 Å². The molecule has 1 aromatic heterocycles. The molecule has 0 saturated carbocycles. The first-order valence-corrected chi connectivity index (χ1v) is 33.3. The van der Waals surface area contributed by atoms with Crippen LogP contribution in [0.5, 0.6) is 0 Å². The van der Waals surface area contributed by atoms with E-state index in [1.807, 2.05) is 138 Å². The summed E-state index contributed by atoms with van der Waals surface area (Å²) in [6.07, 6.45) is 0.779. The lowest BCUT2D eigenvalue weighted by atomic mass is 9.85. The number of hydrogen-bond donors (Lipinski definition) is 6. The van der Waals surface area contributed by atoms with Crippen molar-refractivity contribution in [1.82, 2.24) is 31.2 Å². The highest BCUT2D eigenvalue weighted by atomic mass is 32.1. The number of aryl methyl sites for hydroxylation is 3. The van der Waals surface area contributed by atoms with E-state index < -0.39 is 83.5 Å². The summed E-state index contributed by atoms with van der Waals surface area (Å²) in [7, 11) is 0. The van der Waals surface area contributed by atoms with Gasteiger partial charge in [0.25, 0.3) is 0 Å². The van der Waals surface area contributed by atoms with Crippen molar-refractivity contribution in [2.45, 2.75) is 147 Å². The third-order valence-corrected chi connectivity index (χ3v) is 18.9. The highest BCUT2D eigenvalue weighted by Crippen LogP contribution is 2.45. The molecule has 94 heavy (non-hydrogen) atoms. The van der Waals surface area contributed by atoms with Gasteiger partial charge in [-0.3, -0.25) is 33.7 Å². The van der Waals surface area contributed by atoms with Gasteiger partial charge in [-0.05, 0) is 107 Å². The number of thiazole rings is 1. The summed E-state index contributed by atoms with van der Waals surface area (Å²) < 4.78 is 29.2. The molecule has 0 spiro atoms. The normalized spacial score (nSPS) is 18.3. The number of anilines is 1. The summed E-state index contributed by atoms with van der Waals surface area (Å²) in [6.45, 7) is 11.1. The molecule has 22 heteroatoms. The topological polar surface area (TPSA) is 279 Å². The van der Waals surface area contributed by atoms with Crippen LogP contribution >= 0.6 is 11.3 Å². The number of hydrogen-bond acceptors (Lipinski definition) is 15. The molecule has 3 aliphatic heterocycles. The Morgan fingerprint density at radius 3 is 2.12 bits per heavy atom. The Kier molecular flexibility index (Phi) is 23.1. The molecule has 0 bridgehead atoms. The summed E-state index contributed by atoms with van der Waals surface area (Å²) in [6, 6.07) is 33.4. The van der Waals surface area contributed by atoms with E-state index in [0.29, 0.717) is 38.3 Å². The minimum Gasteiger partial charge on any atom is -0.449 e. The molecule has 7 atom stereocenters. The first kappa shape index (κ1) is 68.5. The standard InChI is InChI=1S/C72H86N8O13S/c1-44-65(94-43-75-44)50-25-23-47(24-26-50)38-74-67(84)60-37-52(81)39-79(60)70(87)66(72(3,4)5)78-63(83)42-91-35-34-90-33-32-89-31-11-12-46-19-21-48(22-20-46)40-92-45(2)58(29-30-62(73)82)76-68(85)61-36-51-14-10-13-49-27-28-59(69(86)80(61)64(49)51)77-71(88)93-41-57-55-17-8-6-15-53(55)54-16-7-9-18-56(54)57/h6-10,13-26,43,45,52,57-61,66,81H,11-12,27-42H2,1-5H3,(H2,73,82)(H,74,84)(H,76,85)(H,77,88)(H,78,83)/t45-,52-,58+,59+,60+,61+,66-/m1/s1. The van der Waals surface area contributed by atoms with Gasteiger partial charge in [0, 0.05) is 44.9 Å². The van der Waals surface area contributed by atoms with Crippen molar-refractivity contribution in [1.29, 1.82) is 0 Å². The molecular weight excluding hydrogens is 1220 g/mol. The Morgan fingerprint density at radius 1 is 0.777 bits per heavy atom. The summed E-state index contributed by atoms with van der Waals surface area (Å²) in [4.78, 5) is 104. The Labute approximate surface area is 552 Å². The molecule has 498 valence electrons. The van der Waals surface area contributed by atoms with Crippen LogP contribution in [0.2, 0.25) is 0 Å². The quantitative estimate of drug-likeness (QED) is 0.0240. The van der Waals surface area contributed by atoms with Gasteiger partial charge in [0.05, 0.1) is 73.1 Å². The molecule has 4 aliphatic rings. The van der Waals surface area contributed by atoms with Crippen LogP contribution in [0.25, 0.3) is 21.6 Å². The molecule has 1 saturated heterocycles. The summed E-state index contributed by atoms with van der Waals surface area (Å²) in [5.41, 5.74) is 18.4. The van der Waals surface area contributed by atoms with Crippen molar-refractivity contribution in [2.75, 3.05) is 57.7 Å². The number of nitrogens with one attached hydrogen (secondary N) is 4. The van der Waals surface area contributed by atoms with E-state index in [2.05, 4.69) is 38.4 Å². The van der Waals surface area contributed by atoms with Crippen molar-refractivity contribution in [2.24, 2.45) is 11.1 Å². The smallest absolute Gasteiger partial charge is 0.407 e. The fourth-order valence-corrected chi connectivity index (χ4v) is 13.7. The Hall–Kier alpha value is -8.38. The van der Waals surface area contributed by atoms with Gasteiger partial charge >= 0.3 is 6.09 Å². The van der Waals surface area contributed by atoms with Gasteiger partial charge in [0.2, 0.25) is 35.4 Å². The molecule has 4 heterocycles. The van der Waals surface area contributed by atoms with Crippen molar-refractivity contribution in [3.05, 3.63) is 165 Å². The molecule has 7 amide bonds. The number of ether oxygens (including phenoxy) is 5.